The Bertz CT molecular complexity index is 203. The zero-order valence-corrected chi connectivity index (χ0v) is 9.18. The molecular weight excluding hydrogens is 146 g/mol. The Kier molecular flexibility index (Phi) is 2.35. The molecule has 1 nitrogen and oxygen atoms in total. The van der Waals surface area contributed by atoms with E-state index in [0.29, 0.717) is 12.0 Å². The molecule has 0 saturated carbocycles. The van der Waals surface area contributed by atoms with Gasteiger partial charge in [-0.25, -0.2) is 0 Å². The molecule has 1 heteroatoms. The second kappa shape index (κ2) is 2.88. The molecule has 0 bridgehead atoms. The lowest BCUT2D eigenvalue weighted by Crippen LogP contribution is -2.51. The summed E-state index contributed by atoms with van der Waals surface area (Å²) in [6.07, 6.45) is 2.39. The molecule has 2 unspecified atom stereocenters. The van der Waals surface area contributed by atoms with Gasteiger partial charge in [0.1, 0.15) is 0 Å². The summed E-state index contributed by atoms with van der Waals surface area (Å²) in [5.74, 6) is 0.697. The van der Waals surface area contributed by atoms with Crippen LogP contribution >= 0.6 is 0 Å². The first-order valence-corrected chi connectivity index (χ1v) is 4.78. The highest BCUT2D eigenvalue weighted by atomic mass is 15.2. The van der Waals surface area contributed by atoms with Gasteiger partial charge in [-0.05, 0) is 40.7 Å². The number of rotatable bonds is 0. The van der Waals surface area contributed by atoms with Gasteiger partial charge in [0.05, 0.1) is 0 Å². The molecule has 0 spiro atoms. The largest absolute Gasteiger partial charge is 0.295 e. The third-order valence-electron chi connectivity index (χ3n) is 3.54. The van der Waals surface area contributed by atoms with Crippen molar-refractivity contribution in [2.75, 3.05) is 7.05 Å². The molecule has 0 fully saturated rings. The van der Waals surface area contributed by atoms with E-state index < -0.39 is 0 Å². The average Bonchev–Trinajstić information content (AvgIpc) is 1.97. The van der Waals surface area contributed by atoms with Gasteiger partial charge in [-0.3, -0.25) is 4.90 Å². The third kappa shape index (κ3) is 1.42. The smallest absolute Gasteiger partial charge is 0.0337 e. The topological polar surface area (TPSA) is 3.24 Å². The molecule has 0 amide bonds. The van der Waals surface area contributed by atoms with Crippen LogP contribution in [-0.4, -0.2) is 23.5 Å². The van der Waals surface area contributed by atoms with Gasteiger partial charge in [0, 0.05) is 11.6 Å². The standard InChI is InChI=1S/C11H21N/c1-8-7-11(4,5)12(6)10(3)9(8)2/h7,9-10H,1-6H3. The van der Waals surface area contributed by atoms with Gasteiger partial charge in [0.25, 0.3) is 0 Å². The van der Waals surface area contributed by atoms with Gasteiger partial charge in [-0.1, -0.05) is 18.6 Å². The third-order valence-corrected chi connectivity index (χ3v) is 3.54. The van der Waals surface area contributed by atoms with Crippen molar-refractivity contribution >= 4 is 0 Å². The van der Waals surface area contributed by atoms with Crippen molar-refractivity contribution in [2.24, 2.45) is 5.92 Å². The molecule has 0 aromatic rings. The summed E-state index contributed by atoms with van der Waals surface area (Å²) in [5, 5.41) is 0. The van der Waals surface area contributed by atoms with Crippen LogP contribution in [0.15, 0.2) is 11.6 Å². The SMILES string of the molecule is CC1=CC(C)(C)N(C)C(C)C1C. The second-order valence-electron chi connectivity index (χ2n) is 4.68. The molecule has 0 aromatic carbocycles. The lowest BCUT2D eigenvalue weighted by atomic mass is 9.83. The molecule has 1 aliphatic heterocycles. The van der Waals surface area contributed by atoms with Crippen molar-refractivity contribution in [1.82, 2.24) is 4.90 Å². The lowest BCUT2D eigenvalue weighted by molar-refractivity contribution is 0.107. The minimum atomic E-state index is 0.232. The van der Waals surface area contributed by atoms with Crippen molar-refractivity contribution < 1.29 is 0 Å². The first kappa shape index (κ1) is 9.79. The second-order valence-corrected chi connectivity index (χ2v) is 4.68. The maximum absolute atomic E-state index is 2.45. The number of likely N-dealkylation sites (N-methyl/N-ethyl adjacent to an activating group) is 1. The van der Waals surface area contributed by atoms with Crippen molar-refractivity contribution in [3.8, 4) is 0 Å². The van der Waals surface area contributed by atoms with E-state index in [2.05, 4.69) is 52.6 Å². The van der Waals surface area contributed by atoms with E-state index in [0.717, 1.165) is 0 Å². The number of hydrogen-bond acceptors (Lipinski definition) is 1. The summed E-state index contributed by atoms with van der Waals surface area (Å²) in [7, 11) is 2.21. The highest BCUT2D eigenvalue weighted by Gasteiger charge is 2.33. The van der Waals surface area contributed by atoms with E-state index in [1.807, 2.05) is 0 Å². The predicted molar refractivity (Wildman–Crippen MR) is 54.2 cm³/mol. The molecule has 0 aromatic heterocycles. The molecular formula is C11H21N. The Hall–Kier alpha value is -0.300. The lowest BCUT2D eigenvalue weighted by Gasteiger charge is -2.45. The molecule has 1 heterocycles. The zero-order valence-electron chi connectivity index (χ0n) is 9.18. The first-order chi connectivity index (χ1) is 5.36. The summed E-state index contributed by atoms with van der Waals surface area (Å²) in [4.78, 5) is 2.45. The molecule has 0 radical (unpaired) electrons. The summed E-state index contributed by atoms with van der Waals surface area (Å²) in [6.45, 7) is 11.4. The molecule has 2 atom stereocenters. The Morgan fingerprint density at radius 2 is 1.83 bits per heavy atom. The van der Waals surface area contributed by atoms with E-state index in [1.54, 1.807) is 0 Å². The fourth-order valence-electron chi connectivity index (χ4n) is 2.03. The Labute approximate surface area is 76.5 Å². The summed E-state index contributed by atoms with van der Waals surface area (Å²) in [5.41, 5.74) is 1.77. The summed E-state index contributed by atoms with van der Waals surface area (Å²) in [6, 6.07) is 0.657. The molecule has 0 N–H and O–H groups in total. The molecule has 70 valence electrons. The van der Waals surface area contributed by atoms with E-state index in [9.17, 15) is 0 Å². The summed E-state index contributed by atoms with van der Waals surface area (Å²) < 4.78 is 0. The van der Waals surface area contributed by atoms with Crippen molar-refractivity contribution in [1.29, 1.82) is 0 Å². The first-order valence-electron chi connectivity index (χ1n) is 4.78. The molecule has 0 aliphatic carbocycles. The van der Waals surface area contributed by atoms with Crippen LogP contribution < -0.4 is 0 Å². The predicted octanol–water partition coefficient (Wildman–Crippen LogP) is 2.68. The van der Waals surface area contributed by atoms with Crippen molar-refractivity contribution in [2.45, 2.75) is 46.2 Å². The van der Waals surface area contributed by atoms with E-state index >= 15 is 0 Å². The zero-order chi connectivity index (χ0) is 9.52. The van der Waals surface area contributed by atoms with E-state index in [-0.39, 0.29) is 5.54 Å². The Morgan fingerprint density at radius 1 is 1.33 bits per heavy atom. The van der Waals surface area contributed by atoms with Gasteiger partial charge in [-0.15, -0.1) is 0 Å². The van der Waals surface area contributed by atoms with Crippen LogP contribution in [0.4, 0.5) is 0 Å². The van der Waals surface area contributed by atoms with Crippen LogP contribution in [-0.2, 0) is 0 Å². The highest BCUT2D eigenvalue weighted by Crippen LogP contribution is 2.32. The van der Waals surface area contributed by atoms with Gasteiger partial charge in [-0.2, -0.15) is 0 Å². The van der Waals surface area contributed by atoms with Crippen LogP contribution in [0, 0.1) is 5.92 Å². The van der Waals surface area contributed by atoms with Crippen molar-refractivity contribution in [3.63, 3.8) is 0 Å². The quantitative estimate of drug-likeness (QED) is 0.501. The number of nitrogens with zero attached hydrogens (tertiary/aromatic N) is 1. The maximum atomic E-state index is 2.45. The fourth-order valence-corrected chi connectivity index (χ4v) is 2.03. The van der Waals surface area contributed by atoms with Gasteiger partial charge in [0.15, 0.2) is 0 Å². The monoisotopic (exact) mass is 167 g/mol. The molecule has 12 heavy (non-hydrogen) atoms. The minimum absolute atomic E-state index is 0.232. The number of hydrogen-bond donors (Lipinski definition) is 0. The molecule has 1 aliphatic rings. The average molecular weight is 167 g/mol. The van der Waals surface area contributed by atoms with E-state index in [4.69, 9.17) is 0 Å². The molecule has 0 saturated heterocycles. The van der Waals surface area contributed by atoms with Crippen LogP contribution in [0.2, 0.25) is 0 Å². The fraction of sp³-hybridized carbons (Fsp3) is 0.818. The van der Waals surface area contributed by atoms with Crippen LogP contribution in [0.5, 0.6) is 0 Å². The van der Waals surface area contributed by atoms with Gasteiger partial charge in [0.2, 0.25) is 0 Å². The van der Waals surface area contributed by atoms with Crippen molar-refractivity contribution in [3.05, 3.63) is 11.6 Å². The minimum Gasteiger partial charge on any atom is -0.295 e. The van der Waals surface area contributed by atoms with E-state index in [1.165, 1.54) is 5.57 Å². The molecule has 1 rings (SSSR count). The van der Waals surface area contributed by atoms with Crippen LogP contribution in [0.3, 0.4) is 0 Å². The normalized spacial score (nSPS) is 36.3. The highest BCUT2D eigenvalue weighted by molar-refractivity contribution is 5.18. The Morgan fingerprint density at radius 3 is 2.33 bits per heavy atom. The van der Waals surface area contributed by atoms with Gasteiger partial charge >= 0.3 is 0 Å². The van der Waals surface area contributed by atoms with Crippen LogP contribution in [0.25, 0.3) is 0 Å². The maximum Gasteiger partial charge on any atom is 0.0337 e. The van der Waals surface area contributed by atoms with Gasteiger partial charge < -0.3 is 0 Å². The van der Waals surface area contributed by atoms with Crippen LogP contribution in [0.1, 0.15) is 34.6 Å². The summed E-state index contributed by atoms with van der Waals surface area (Å²) >= 11 is 0. The Balaban J connectivity index is 2.99.